The van der Waals surface area contributed by atoms with Gasteiger partial charge in [0.25, 0.3) is 0 Å². The first-order valence-electron chi connectivity index (χ1n) is 9.04. The maximum Gasteiger partial charge on any atom is 0.237 e. The number of piperidine rings is 1. The van der Waals surface area contributed by atoms with Gasteiger partial charge in [-0.15, -0.1) is 0 Å². The zero-order chi connectivity index (χ0) is 17.7. The van der Waals surface area contributed by atoms with E-state index in [2.05, 4.69) is 10.2 Å². The van der Waals surface area contributed by atoms with Crippen LogP contribution >= 0.6 is 0 Å². The Morgan fingerprint density at radius 2 is 1.88 bits per heavy atom. The van der Waals surface area contributed by atoms with Gasteiger partial charge in [-0.3, -0.25) is 9.69 Å². The van der Waals surface area contributed by atoms with Gasteiger partial charge in [0.2, 0.25) is 5.91 Å². The number of methoxy groups -OCH3 is 1. The van der Waals surface area contributed by atoms with Crippen molar-refractivity contribution in [1.29, 1.82) is 0 Å². The predicted molar refractivity (Wildman–Crippen MR) is 94.6 cm³/mol. The number of carbonyl (C=O) groups is 1. The number of rotatable bonds is 6. The Morgan fingerprint density at radius 1 is 1.24 bits per heavy atom. The van der Waals surface area contributed by atoms with Crippen molar-refractivity contribution in [3.63, 3.8) is 0 Å². The normalized spacial score (nSPS) is 21.2. The van der Waals surface area contributed by atoms with E-state index in [0.29, 0.717) is 19.8 Å². The van der Waals surface area contributed by atoms with Gasteiger partial charge in [-0.1, -0.05) is 12.1 Å². The first-order valence-corrected chi connectivity index (χ1v) is 9.04. The number of ether oxygens (including phenoxy) is 3. The van der Waals surface area contributed by atoms with Crippen LogP contribution in [0, 0.1) is 0 Å². The number of carbonyl (C=O) groups excluding carboxylic acids is 1. The van der Waals surface area contributed by atoms with Crippen molar-refractivity contribution >= 4 is 5.91 Å². The zero-order valence-electron chi connectivity index (χ0n) is 15.1. The Hall–Kier alpha value is -1.63. The third-order valence-corrected chi connectivity index (χ3v) is 5.17. The number of nitrogens with zero attached hydrogens (tertiary/aromatic N) is 1. The van der Waals surface area contributed by atoms with Gasteiger partial charge in [0.15, 0.2) is 5.79 Å². The van der Waals surface area contributed by atoms with Gasteiger partial charge >= 0.3 is 0 Å². The van der Waals surface area contributed by atoms with E-state index in [1.165, 1.54) is 5.56 Å². The molecule has 1 spiro atoms. The molecule has 0 radical (unpaired) electrons. The number of likely N-dealkylation sites (tertiary alicyclic amines) is 1. The molecule has 1 atom stereocenters. The van der Waals surface area contributed by atoms with Crippen molar-refractivity contribution in [3.8, 4) is 5.75 Å². The lowest BCUT2D eigenvalue weighted by Gasteiger charge is -2.39. The van der Waals surface area contributed by atoms with Crippen LogP contribution in [-0.4, -0.2) is 62.6 Å². The van der Waals surface area contributed by atoms with Crippen molar-refractivity contribution in [2.45, 2.75) is 38.0 Å². The van der Waals surface area contributed by atoms with E-state index in [1.807, 2.05) is 31.2 Å². The highest BCUT2D eigenvalue weighted by atomic mass is 16.7. The second kappa shape index (κ2) is 8.17. The summed E-state index contributed by atoms with van der Waals surface area (Å²) in [7, 11) is 1.66. The quantitative estimate of drug-likeness (QED) is 0.846. The van der Waals surface area contributed by atoms with Crippen molar-refractivity contribution in [1.82, 2.24) is 10.2 Å². The Bertz CT molecular complexity index is 559. The molecule has 1 amide bonds. The fourth-order valence-corrected chi connectivity index (χ4v) is 3.47. The minimum atomic E-state index is -0.388. The Kier molecular flexibility index (Phi) is 5.93. The van der Waals surface area contributed by atoms with E-state index >= 15 is 0 Å². The number of amides is 1. The summed E-state index contributed by atoms with van der Waals surface area (Å²) in [6.45, 7) is 5.62. The molecule has 2 fully saturated rings. The lowest BCUT2D eigenvalue weighted by molar-refractivity contribution is -0.188. The van der Waals surface area contributed by atoms with Crippen LogP contribution < -0.4 is 10.1 Å². The van der Waals surface area contributed by atoms with Crippen molar-refractivity contribution in [2.75, 3.05) is 40.0 Å². The minimum absolute atomic E-state index is 0.0812. The molecule has 0 aliphatic carbocycles. The van der Waals surface area contributed by atoms with Crippen LogP contribution in [0.3, 0.4) is 0 Å². The van der Waals surface area contributed by atoms with Crippen LogP contribution in [0.25, 0.3) is 0 Å². The SMILES string of the molecule is COc1ccc(CCNC(=O)C(C)N2CCC3(CC2)OCCO3)cc1. The molecule has 6 heteroatoms. The Balaban J connectivity index is 1.40. The average molecular weight is 348 g/mol. The monoisotopic (exact) mass is 348 g/mol. The summed E-state index contributed by atoms with van der Waals surface area (Å²) in [5.74, 6) is 0.540. The van der Waals surface area contributed by atoms with E-state index in [1.54, 1.807) is 7.11 Å². The summed E-state index contributed by atoms with van der Waals surface area (Å²) >= 11 is 0. The summed E-state index contributed by atoms with van der Waals surface area (Å²) in [4.78, 5) is 14.6. The molecular formula is C19H28N2O4. The van der Waals surface area contributed by atoms with E-state index in [4.69, 9.17) is 14.2 Å². The van der Waals surface area contributed by atoms with Gasteiger partial charge in [-0.25, -0.2) is 0 Å². The summed E-state index contributed by atoms with van der Waals surface area (Å²) in [6.07, 6.45) is 2.47. The van der Waals surface area contributed by atoms with Crippen molar-refractivity contribution in [3.05, 3.63) is 29.8 Å². The minimum Gasteiger partial charge on any atom is -0.497 e. The molecule has 2 heterocycles. The van der Waals surface area contributed by atoms with E-state index < -0.39 is 0 Å². The maximum atomic E-state index is 12.4. The number of nitrogens with one attached hydrogen (secondary N) is 1. The zero-order valence-corrected chi connectivity index (χ0v) is 15.1. The molecule has 0 bridgehead atoms. The van der Waals surface area contributed by atoms with Gasteiger partial charge in [-0.05, 0) is 31.0 Å². The standard InChI is InChI=1S/C19H28N2O4/c1-15(21-11-8-19(9-12-21)24-13-14-25-19)18(22)20-10-7-16-3-5-17(23-2)6-4-16/h3-6,15H,7-14H2,1-2H3,(H,20,22). The van der Waals surface area contributed by atoms with Gasteiger partial charge in [0.1, 0.15) is 5.75 Å². The second-order valence-corrected chi connectivity index (χ2v) is 6.71. The van der Waals surface area contributed by atoms with Crippen molar-refractivity contribution < 1.29 is 19.0 Å². The Morgan fingerprint density at radius 3 is 2.48 bits per heavy atom. The summed E-state index contributed by atoms with van der Waals surface area (Å²) < 4.78 is 16.6. The molecule has 138 valence electrons. The van der Waals surface area contributed by atoms with Crippen LogP contribution in [0.15, 0.2) is 24.3 Å². The summed E-state index contributed by atoms with van der Waals surface area (Å²) in [6, 6.07) is 7.81. The van der Waals surface area contributed by atoms with E-state index in [0.717, 1.165) is 38.1 Å². The molecule has 1 unspecified atom stereocenters. The summed E-state index contributed by atoms with van der Waals surface area (Å²) in [5, 5.41) is 3.04. The number of hydrogen-bond donors (Lipinski definition) is 1. The lowest BCUT2D eigenvalue weighted by atomic mass is 10.0. The van der Waals surface area contributed by atoms with Gasteiger partial charge < -0.3 is 19.5 Å². The van der Waals surface area contributed by atoms with Gasteiger partial charge in [0.05, 0.1) is 26.4 Å². The third kappa shape index (κ3) is 4.51. The topological polar surface area (TPSA) is 60.0 Å². The largest absolute Gasteiger partial charge is 0.497 e. The molecule has 1 aromatic carbocycles. The molecule has 2 saturated heterocycles. The fourth-order valence-electron chi connectivity index (χ4n) is 3.47. The van der Waals surface area contributed by atoms with Crippen LogP contribution in [0.1, 0.15) is 25.3 Å². The molecule has 0 saturated carbocycles. The fraction of sp³-hybridized carbons (Fsp3) is 0.632. The van der Waals surface area contributed by atoms with E-state index in [-0.39, 0.29) is 17.7 Å². The number of hydrogen-bond acceptors (Lipinski definition) is 5. The smallest absolute Gasteiger partial charge is 0.237 e. The lowest BCUT2D eigenvalue weighted by Crippen LogP contribution is -2.52. The van der Waals surface area contributed by atoms with Crippen LogP contribution in [0.5, 0.6) is 5.75 Å². The highest BCUT2D eigenvalue weighted by Gasteiger charge is 2.41. The molecule has 25 heavy (non-hydrogen) atoms. The highest BCUT2D eigenvalue weighted by molar-refractivity contribution is 5.81. The molecule has 1 aromatic rings. The van der Waals surface area contributed by atoms with Gasteiger partial charge in [-0.2, -0.15) is 0 Å². The summed E-state index contributed by atoms with van der Waals surface area (Å²) in [5.41, 5.74) is 1.18. The average Bonchev–Trinajstić information content (AvgIpc) is 3.10. The first kappa shape index (κ1) is 18.2. The molecule has 1 N–H and O–H groups in total. The van der Waals surface area contributed by atoms with Crippen LogP contribution in [-0.2, 0) is 20.7 Å². The molecule has 3 rings (SSSR count). The predicted octanol–water partition coefficient (Wildman–Crippen LogP) is 1.58. The molecule has 0 aromatic heterocycles. The van der Waals surface area contributed by atoms with Gasteiger partial charge in [0, 0.05) is 32.5 Å². The molecule has 2 aliphatic heterocycles. The molecule has 6 nitrogen and oxygen atoms in total. The van der Waals surface area contributed by atoms with Crippen molar-refractivity contribution in [2.24, 2.45) is 0 Å². The molecule has 2 aliphatic rings. The maximum absolute atomic E-state index is 12.4. The highest BCUT2D eigenvalue weighted by Crippen LogP contribution is 2.31. The molecular weight excluding hydrogens is 320 g/mol. The number of benzene rings is 1. The first-order chi connectivity index (χ1) is 12.1. The Labute approximate surface area is 149 Å². The van der Waals surface area contributed by atoms with E-state index in [9.17, 15) is 4.79 Å². The van der Waals surface area contributed by atoms with Crippen LogP contribution in [0.4, 0.5) is 0 Å². The third-order valence-electron chi connectivity index (χ3n) is 5.17. The second-order valence-electron chi connectivity index (χ2n) is 6.71. The van der Waals surface area contributed by atoms with Crippen LogP contribution in [0.2, 0.25) is 0 Å².